The second-order valence-corrected chi connectivity index (χ2v) is 8.38. The summed E-state index contributed by atoms with van der Waals surface area (Å²) < 4.78 is 11.1. The fourth-order valence-corrected chi connectivity index (χ4v) is 5.39. The van der Waals surface area contributed by atoms with E-state index in [9.17, 15) is 0 Å². The Morgan fingerprint density at radius 2 is 2.00 bits per heavy atom. The third-order valence-electron chi connectivity index (χ3n) is 5.44. The van der Waals surface area contributed by atoms with E-state index in [2.05, 4.69) is 25.1 Å². The van der Waals surface area contributed by atoms with Gasteiger partial charge in [-0.3, -0.25) is 0 Å². The summed E-state index contributed by atoms with van der Waals surface area (Å²) in [6.45, 7) is 2.34. The van der Waals surface area contributed by atoms with Gasteiger partial charge in [-0.2, -0.15) is 0 Å². The lowest BCUT2D eigenvalue weighted by Gasteiger charge is -2.18. The van der Waals surface area contributed by atoms with Crippen molar-refractivity contribution in [3.05, 3.63) is 59.2 Å². The maximum absolute atomic E-state index is 5.79. The standard InChI is InChI=1S/C23H21NO2S.ClH/c1-14-5-10-17-21(12-14)27-23-22(17)18(20-4-3-11-26-20)13-19(24-23)15-6-8-16(25-2)9-7-15;/h3-4,6-9,11,13-14H,5,10,12H2,1-2H3;1H. The Kier molecular flexibility index (Phi) is 5.17. The Balaban J connectivity index is 0.00000192. The van der Waals surface area contributed by atoms with Gasteiger partial charge < -0.3 is 9.15 Å². The van der Waals surface area contributed by atoms with Crippen LogP contribution in [0.25, 0.3) is 32.8 Å². The molecule has 28 heavy (non-hydrogen) atoms. The second-order valence-electron chi connectivity index (χ2n) is 7.29. The highest BCUT2D eigenvalue weighted by Gasteiger charge is 2.24. The van der Waals surface area contributed by atoms with Crippen LogP contribution in [0.4, 0.5) is 0 Å². The molecule has 0 spiro atoms. The summed E-state index contributed by atoms with van der Waals surface area (Å²) in [6, 6.07) is 14.3. The smallest absolute Gasteiger partial charge is 0.134 e. The molecule has 4 aromatic rings. The highest BCUT2D eigenvalue weighted by atomic mass is 35.5. The molecule has 0 radical (unpaired) electrons. The van der Waals surface area contributed by atoms with Gasteiger partial charge in [-0.1, -0.05) is 6.92 Å². The number of halogens is 1. The Morgan fingerprint density at radius 1 is 1.18 bits per heavy atom. The summed E-state index contributed by atoms with van der Waals surface area (Å²) in [5.41, 5.74) is 4.70. The molecule has 5 rings (SSSR count). The van der Waals surface area contributed by atoms with E-state index in [4.69, 9.17) is 14.1 Å². The molecule has 0 fully saturated rings. The molecule has 3 nitrogen and oxygen atoms in total. The highest BCUT2D eigenvalue weighted by Crippen LogP contribution is 2.43. The summed E-state index contributed by atoms with van der Waals surface area (Å²) in [5, 5.41) is 1.29. The number of benzene rings is 1. The molecule has 144 valence electrons. The van der Waals surface area contributed by atoms with Gasteiger partial charge in [0.25, 0.3) is 0 Å². The molecule has 1 aromatic carbocycles. The van der Waals surface area contributed by atoms with Crippen LogP contribution in [0.2, 0.25) is 0 Å². The lowest BCUT2D eigenvalue weighted by atomic mass is 9.88. The van der Waals surface area contributed by atoms with Gasteiger partial charge in [0.1, 0.15) is 16.3 Å². The van der Waals surface area contributed by atoms with E-state index in [1.807, 2.05) is 35.6 Å². The topological polar surface area (TPSA) is 35.3 Å². The van der Waals surface area contributed by atoms with E-state index in [1.165, 1.54) is 22.2 Å². The van der Waals surface area contributed by atoms with Crippen molar-refractivity contribution < 1.29 is 9.15 Å². The van der Waals surface area contributed by atoms with Gasteiger partial charge in [-0.05, 0) is 73.2 Å². The van der Waals surface area contributed by atoms with Crippen molar-refractivity contribution in [3.63, 3.8) is 0 Å². The molecule has 1 aliphatic carbocycles. The van der Waals surface area contributed by atoms with E-state index in [-0.39, 0.29) is 12.4 Å². The number of rotatable bonds is 3. The van der Waals surface area contributed by atoms with E-state index in [1.54, 1.807) is 13.4 Å². The first kappa shape index (κ1) is 19.0. The van der Waals surface area contributed by atoms with E-state index in [0.717, 1.165) is 51.9 Å². The number of pyridine rings is 1. The third-order valence-corrected chi connectivity index (χ3v) is 6.59. The highest BCUT2D eigenvalue weighted by molar-refractivity contribution is 7.19. The van der Waals surface area contributed by atoms with Crippen molar-refractivity contribution in [2.75, 3.05) is 7.11 Å². The Hall–Kier alpha value is -2.30. The number of aryl methyl sites for hydroxylation is 1. The van der Waals surface area contributed by atoms with Gasteiger partial charge in [-0.25, -0.2) is 4.98 Å². The molecule has 0 aliphatic heterocycles. The minimum absolute atomic E-state index is 0. The minimum Gasteiger partial charge on any atom is -0.497 e. The van der Waals surface area contributed by atoms with Crippen LogP contribution in [-0.2, 0) is 12.8 Å². The maximum Gasteiger partial charge on any atom is 0.134 e. The van der Waals surface area contributed by atoms with E-state index < -0.39 is 0 Å². The number of ether oxygens (including phenoxy) is 1. The van der Waals surface area contributed by atoms with Crippen LogP contribution < -0.4 is 4.74 Å². The van der Waals surface area contributed by atoms with Crippen molar-refractivity contribution in [1.29, 1.82) is 0 Å². The zero-order chi connectivity index (χ0) is 18.4. The van der Waals surface area contributed by atoms with Crippen LogP contribution in [0, 0.1) is 5.92 Å². The van der Waals surface area contributed by atoms with Gasteiger partial charge in [0.05, 0.1) is 19.1 Å². The summed E-state index contributed by atoms with van der Waals surface area (Å²) in [5.74, 6) is 2.52. The second kappa shape index (κ2) is 7.61. The molecular weight excluding hydrogens is 390 g/mol. The number of thiophene rings is 1. The molecule has 1 atom stereocenters. The normalized spacial score (nSPS) is 15.9. The molecule has 3 aromatic heterocycles. The molecular formula is C23H22ClNO2S. The predicted octanol–water partition coefficient (Wildman–Crippen LogP) is 6.78. The zero-order valence-corrected chi connectivity index (χ0v) is 17.5. The summed E-state index contributed by atoms with van der Waals surface area (Å²) in [6.07, 6.45) is 5.28. The number of fused-ring (bicyclic) bond motifs is 3. The lowest BCUT2D eigenvalue weighted by molar-refractivity contribution is 0.415. The molecule has 3 heterocycles. The maximum atomic E-state index is 5.79. The Labute approximate surface area is 174 Å². The van der Waals surface area contributed by atoms with Gasteiger partial charge in [0, 0.05) is 21.4 Å². The molecule has 1 unspecified atom stereocenters. The first-order valence-corrected chi connectivity index (χ1v) is 10.2. The molecule has 1 aliphatic rings. The van der Waals surface area contributed by atoms with Crippen molar-refractivity contribution in [2.45, 2.75) is 26.2 Å². The lowest BCUT2D eigenvalue weighted by Crippen LogP contribution is -2.08. The number of nitrogens with zero attached hydrogens (tertiary/aromatic N) is 1. The molecule has 5 heteroatoms. The SMILES string of the molecule is COc1ccc(-c2cc(-c3ccco3)c3c4c(sc3n2)CC(C)CC4)cc1.Cl. The van der Waals surface area contributed by atoms with Crippen LogP contribution in [0.1, 0.15) is 23.8 Å². The molecule has 0 saturated carbocycles. The molecule has 0 N–H and O–H groups in total. The van der Waals surface area contributed by atoms with Crippen molar-refractivity contribution in [2.24, 2.45) is 5.92 Å². The summed E-state index contributed by atoms with van der Waals surface area (Å²) >= 11 is 1.85. The number of furan rings is 1. The molecule has 0 bridgehead atoms. The average Bonchev–Trinajstić information content (AvgIpc) is 3.34. The van der Waals surface area contributed by atoms with Crippen LogP contribution in [0.15, 0.2) is 53.1 Å². The fourth-order valence-electron chi connectivity index (χ4n) is 3.98. The van der Waals surface area contributed by atoms with Crippen LogP contribution >= 0.6 is 23.7 Å². The predicted molar refractivity (Wildman–Crippen MR) is 118 cm³/mol. The van der Waals surface area contributed by atoms with Gasteiger partial charge in [0.2, 0.25) is 0 Å². The number of aromatic nitrogens is 1. The first-order chi connectivity index (χ1) is 13.2. The first-order valence-electron chi connectivity index (χ1n) is 9.36. The van der Waals surface area contributed by atoms with E-state index in [0.29, 0.717) is 0 Å². The number of methoxy groups -OCH3 is 1. The number of hydrogen-bond acceptors (Lipinski definition) is 4. The fraction of sp³-hybridized carbons (Fsp3) is 0.261. The van der Waals surface area contributed by atoms with Crippen LogP contribution in [0.5, 0.6) is 5.75 Å². The van der Waals surface area contributed by atoms with Gasteiger partial charge >= 0.3 is 0 Å². The summed E-state index contributed by atoms with van der Waals surface area (Å²) in [7, 11) is 1.69. The Morgan fingerprint density at radius 3 is 2.71 bits per heavy atom. The van der Waals surface area contributed by atoms with Gasteiger partial charge in [0.15, 0.2) is 0 Å². The molecule has 0 saturated heterocycles. The number of hydrogen-bond donors (Lipinski definition) is 0. The quantitative estimate of drug-likeness (QED) is 0.372. The Bertz CT molecular complexity index is 1100. The van der Waals surface area contributed by atoms with Crippen LogP contribution in [-0.4, -0.2) is 12.1 Å². The third kappa shape index (κ3) is 3.21. The zero-order valence-electron chi connectivity index (χ0n) is 15.9. The largest absolute Gasteiger partial charge is 0.497 e. The van der Waals surface area contributed by atoms with E-state index >= 15 is 0 Å². The average molecular weight is 412 g/mol. The monoisotopic (exact) mass is 411 g/mol. The van der Waals surface area contributed by atoms with Crippen molar-refractivity contribution >= 4 is 34.0 Å². The molecule has 0 amide bonds. The van der Waals surface area contributed by atoms with Crippen molar-refractivity contribution in [1.82, 2.24) is 4.98 Å². The summed E-state index contributed by atoms with van der Waals surface area (Å²) in [4.78, 5) is 7.65. The van der Waals surface area contributed by atoms with Crippen LogP contribution in [0.3, 0.4) is 0 Å². The van der Waals surface area contributed by atoms with Gasteiger partial charge in [-0.15, -0.1) is 23.7 Å². The minimum atomic E-state index is 0. The van der Waals surface area contributed by atoms with Crippen molar-refractivity contribution in [3.8, 4) is 28.3 Å².